The van der Waals surface area contributed by atoms with Crippen molar-refractivity contribution in [1.29, 1.82) is 0 Å². The largest absolute Gasteiger partial charge is 0.491 e. The molecule has 3 aromatic rings. The number of anilines is 1. The second kappa shape index (κ2) is 8.01. The van der Waals surface area contributed by atoms with E-state index in [1.54, 1.807) is 53.2 Å². The van der Waals surface area contributed by atoms with Crippen LogP contribution in [0.25, 0.3) is 5.65 Å². The van der Waals surface area contributed by atoms with Gasteiger partial charge in [-0.3, -0.25) is 9.59 Å². The Morgan fingerprint density at radius 1 is 1.15 bits per heavy atom. The third-order valence-electron chi connectivity index (χ3n) is 3.96. The molecule has 2 N–H and O–H groups in total. The van der Waals surface area contributed by atoms with Crippen molar-refractivity contribution in [3.8, 4) is 5.75 Å². The first-order valence-electron chi connectivity index (χ1n) is 8.66. The molecule has 0 saturated heterocycles. The van der Waals surface area contributed by atoms with E-state index in [-0.39, 0.29) is 30.8 Å². The van der Waals surface area contributed by atoms with E-state index in [1.165, 1.54) is 0 Å². The third-order valence-corrected chi connectivity index (χ3v) is 3.96. The number of hydrogen-bond acceptors (Lipinski definition) is 5. The predicted octanol–water partition coefficient (Wildman–Crippen LogP) is 2.80. The standard InChI is InChI=1S/C20H21N3O4/c1-13(2)19(25)17-12-23-11-15(5-8-18(23)22-17)21-20(26)14-3-6-16(7-4-14)27-10-9-24/h3-8,11-13,24H,9-10H2,1-2H3,(H,21,26). The average Bonchev–Trinajstić information content (AvgIpc) is 3.09. The van der Waals surface area contributed by atoms with Crippen molar-refractivity contribution in [3.63, 3.8) is 0 Å². The van der Waals surface area contributed by atoms with Crippen LogP contribution in [0.15, 0.2) is 48.8 Å². The molecular formula is C20H21N3O4. The number of pyridine rings is 1. The van der Waals surface area contributed by atoms with Gasteiger partial charge in [0.15, 0.2) is 5.78 Å². The highest BCUT2D eigenvalue weighted by molar-refractivity contribution is 6.04. The van der Waals surface area contributed by atoms with Crippen LogP contribution >= 0.6 is 0 Å². The topological polar surface area (TPSA) is 92.9 Å². The summed E-state index contributed by atoms with van der Waals surface area (Å²) in [4.78, 5) is 28.8. The molecule has 0 aliphatic heterocycles. The highest BCUT2D eigenvalue weighted by Crippen LogP contribution is 2.16. The number of carbonyl (C=O) groups excluding carboxylic acids is 2. The molecule has 0 aliphatic rings. The van der Waals surface area contributed by atoms with Gasteiger partial charge in [-0.2, -0.15) is 0 Å². The number of hydrogen-bond donors (Lipinski definition) is 2. The van der Waals surface area contributed by atoms with Crippen LogP contribution in [0.3, 0.4) is 0 Å². The molecule has 0 radical (unpaired) electrons. The van der Waals surface area contributed by atoms with Gasteiger partial charge in [0.1, 0.15) is 23.7 Å². The minimum atomic E-state index is -0.262. The Morgan fingerprint density at radius 3 is 2.56 bits per heavy atom. The Balaban J connectivity index is 1.73. The summed E-state index contributed by atoms with van der Waals surface area (Å²) in [6.07, 6.45) is 3.39. The molecule has 0 fully saturated rings. The molecule has 7 nitrogen and oxygen atoms in total. The second-order valence-corrected chi connectivity index (χ2v) is 6.38. The predicted molar refractivity (Wildman–Crippen MR) is 101 cm³/mol. The summed E-state index contributed by atoms with van der Waals surface area (Å²) in [7, 11) is 0. The number of carbonyl (C=O) groups is 2. The SMILES string of the molecule is CC(C)C(=O)c1cn2cc(NC(=O)c3ccc(OCCO)cc3)ccc2n1. The van der Waals surface area contributed by atoms with E-state index in [4.69, 9.17) is 9.84 Å². The molecule has 1 amide bonds. The Labute approximate surface area is 156 Å². The molecule has 27 heavy (non-hydrogen) atoms. The van der Waals surface area contributed by atoms with Crippen molar-refractivity contribution in [2.45, 2.75) is 13.8 Å². The van der Waals surface area contributed by atoms with Crippen molar-refractivity contribution >= 4 is 23.0 Å². The van der Waals surface area contributed by atoms with E-state index in [9.17, 15) is 9.59 Å². The summed E-state index contributed by atoms with van der Waals surface area (Å²) < 4.78 is 6.99. The maximum absolute atomic E-state index is 12.4. The molecular weight excluding hydrogens is 346 g/mol. The van der Waals surface area contributed by atoms with Crippen molar-refractivity contribution < 1.29 is 19.4 Å². The summed E-state index contributed by atoms with van der Waals surface area (Å²) in [5.74, 6) is 0.177. The summed E-state index contributed by atoms with van der Waals surface area (Å²) in [5, 5.41) is 11.6. The van der Waals surface area contributed by atoms with E-state index in [0.717, 1.165) is 0 Å². The van der Waals surface area contributed by atoms with Crippen LogP contribution in [-0.2, 0) is 0 Å². The molecule has 2 aromatic heterocycles. The zero-order valence-corrected chi connectivity index (χ0v) is 15.2. The molecule has 0 unspecified atom stereocenters. The number of ether oxygens (including phenoxy) is 1. The summed E-state index contributed by atoms with van der Waals surface area (Å²) in [5.41, 5.74) is 2.12. The van der Waals surface area contributed by atoms with Crippen LogP contribution in [0.5, 0.6) is 5.75 Å². The first-order valence-corrected chi connectivity index (χ1v) is 8.66. The molecule has 2 heterocycles. The van der Waals surface area contributed by atoms with Gasteiger partial charge in [-0.1, -0.05) is 13.8 Å². The van der Waals surface area contributed by atoms with Crippen LogP contribution in [0, 0.1) is 5.92 Å². The fourth-order valence-corrected chi connectivity index (χ4v) is 2.55. The fourth-order valence-electron chi connectivity index (χ4n) is 2.55. The number of Topliss-reactive ketones (excluding diaryl/α,β-unsaturated/α-hetero) is 1. The van der Waals surface area contributed by atoms with E-state index < -0.39 is 0 Å². The second-order valence-electron chi connectivity index (χ2n) is 6.38. The smallest absolute Gasteiger partial charge is 0.255 e. The van der Waals surface area contributed by atoms with Crippen LogP contribution in [-0.4, -0.2) is 39.4 Å². The molecule has 140 valence electrons. The van der Waals surface area contributed by atoms with Gasteiger partial charge in [0, 0.05) is 23.9 Å². The van der Waals surface area contributed by atoms with Gasteiger partial charge in [-0.25, -0.2) is 4.98 Å². The molecule has 0 bridgehead atoms. The number of nitrogens with zero attached hydrogens (tertiary/aromatic N) is 2. The lowest BCUT2D eigenvalue weighted by Crippen LogP contribution is -2.12. The maximum atomic E-state index is 12.4. The molecule has 0 spiro atoms. The Kier molecular flexibility index (Phi) is 5.52. The van der Waals surface area contributed by atoms with E-state index >= 15 is 0 Å². The van der Waals surface area contributed by atoms with Gasteiger partial charge in [0.25, 0.3) is 5.91 Å². The van der Waals surface area contributed by atoms with Gasteiger partial charge in [-0.05, 0) is 36.4 Å². The zero-order chi connectivity index (χ0) is 19.4. The third kappa shape index (κ3) is 4.32. The molecule has 0 saturated carbocycles. The number of aliphatic hydroxyl groups excluding tert-OH is 1. The van der Waals surface area contributed by atoms with Gasteiger partial charge < -0.3 is 19.6 Å². The first kappa shape index (κ1) is 18.6. The zero-order valence-electron chi connectivity index (χ0n) is 15.2. The van der Waals surface area contributed by atoms with E-state index in [1.807, 2.05) is 13.8 Å². The number of aliphatic hydroxyl groups is 1. The molecule has 1 aromatic carbocycles. The molecule has 7 heteroatoms. The molecule has 0 aliphatic carbocycles. The first-order chi connectivity index (χ1) is 13.0. The van der Waals surface area contributed by atoms with E-state index in [2.05, 4.69) is 10.3 Å². The van der Waals surface area contributed by atoms with Gasteiger partial charge in [0.2, 0.25) is 0 Å². The van der Waals surface area contributed by atoms with Gasteiger partial charge >= 0.3 is 0 Å². The summed E-state index contributed by atoms with van der Waals surface area (Å²) in [6.45, 7) is 3.80. The lowest BCUT2D eigenvalue weighted by atomic mass is 10.1. The van der Waals surface area contributed by atoms with Crippen LogP contribution in [0.2, 0.25) is 0 Å². The van der Waals surface area contributed by atoms with Crippen molar-refractivity contribution in [2.24, 2.45) is 5.92 Å². The summed E-state index contributed by atoms with van der Waals surface area (Å²) >= 11 is 0. The fraction of sp³-hybridized carbons (Fsp3) is 0.250. The van der Waals surface area contributed by atoms with Gasteiger partial charge in [0.05, 0.1) is 12.3 Å². The van der Waals surface area contributed by atoms with Crippen LogP contribution < -0.4 is 10.1 Å². The number of fused-ring (bicyclic) bond motifs is 1. The molecule has 3 rings (SSSR count). The lowest BCUT2D eigenvalue weighted by Gasteiger charge is -2.07. The van der Waals surface area contributed by atoms with Crippen LogP contribution in [0.4, 0.5) is 5.69 Å². The highest BCUT2D eigenvalue weighted by Gasteiger charge is 2.15. The number of amides is 1. The molecule has 0 atom stereocenters. The van der Waals surface area contributed by atoms with Crippen molar-refractivity contribution in [3.05, 3.63) is 60.0 Å². The average molecular weight is 367 g/mol. The number of aromatic nitrogens is 2. The Morgan fingerprint density at radius 2 is 1.89 bits per heavy atom. The minimum absolute atomic E-state index is 0.0206. The number of benzene rings is 1. The Hall–Kier alpha value is -3.19. The Bertz CT molecular complexity index is 961. The lowest BCUT2D eigenvalue weighted by molar-refractivity contribution is 0.0934. The number of rotatable bonds is 7. The van der Waals surface area contributed by atoms with Crippen molar-refractivity contribution in [1.82, 2.24) is 9.38 Å². The maximum Gasteiger partial charge on any atom is 0.255 e. The minimum Gasteiger partial charge on any atom is -0.491 e. The van der Waals surface area contributed by atoms with Gasteiger partial charge in [-0.15, -0.1) is 0 Å². The van der Waals surface area contributed by atoms with Crippen molar-refractivity contribution in [2.75, 3.05) is 18.5 Å². The van der Waals surface area contributed by atoms with Crippen LogP contribution in [0.1, 0.15) is 34.7 Å². The quantitative estimate of drug-likeness (QED) is 0.627. The number of imidazole rings is 1. The van der Waals surface area contributed by atoms with E-state index in [0.29, 0.717) is 28.3 Å². The number of ketones is 1. The number of nitrogens with one attached hydrogen (secondary N) is 1. The summed E-state index contributed by atoms with van der Waals surface area (Å²) in [6, 6.07) is 10.1. The normalized spacial score (nSPS) is 11.0. The highest BCUT2D eigenvalue weighted by atomic mass is 16.5. The monoisotopic (exact) mass is 367 g/mol.